The third-order valence-electron chi connectivity index (χ3n) is 1.44. The molecule has 0 bridgehead atoms. The lowest BCUT2D eigenvalue weighted by Gasteiger charge is -2.01. The van der Waals surface area contributed by atoms with Crippen LogP contribution in [0.2, 0.25) is 0 Å². The van der Waals surface area contributed by atoms with E-state index >= 15 is 0 Å². The normalized spacial score (nSPS) is 10.2. The molecule has 1 N–H and O–H groups in total. The van der Waals surface area contributed by atoms with Gasteiger partial charge in [0.25, 0.3) is 5.56 Å². The van der Waals surface area contributed by atoms with Crippen LogP contribution < -0.4 is 5.56 Å². The van der Waals surface area contributed by atoms with Gasteiger partial charge in [-0.05, 0) is 22.4 Å². The predicted octanol–water partition coefficient (Wildman–Crippen LogP) is 1.83. The Labute approximate surface area is 83.3 Å². The molecule has 12 heavy (non-hydrogen) atoms. The topological polar surface area (TPSA) is 45.8 Å². The van der Waals surface area contributed by atoms with Crippen molar-refractivity contribution in [2.45, 2.75) is 19.2 Å². The molecule has 1 aromatic heterocycles. The van der Waals surface area contributed by atoms with Gasteiger partial charge in [-0.2, -0.15) is 0 Å². The van der Waals surface area contributed by atoms with Gasteiger partial charge < -0.3 is 4.98 Å². The highest BCUT2D eigenvalue weighted by molar-refractivity contribution is 9.10. The number of nitrogens with zero attached hydrogens (tertiary/aromatic N) is 1. The van der Waals surface area contributed by atoms with Crippen LogP contribution >= 0.6 is 27.5 Å². The van der Waals surface area contributed by atoms with Gasteiger partial charge in [0.15, 0.2) is 0 Å². The molecule has 0 radical (unpaired) electrons. The zero-order chi connectivity index (χ0) is 9.14. The molecule has 0 fully saturated rings. The minimum Gasteiger partial charge on any atom is -0.309 e. The Bertz CT molecular complexity index is 337. The summed E-state index contributed by atoms with van der Waals surface area (Å²) >= 11 is 8.69. The van der Waals surface area contributed by atoms with Crippen LogP contribution in [0.15, 0.2) is 9.27 Å². The average Bonchev–Trinajstić information content (AvgIpc) is 2.09. The number of aromatic nitrogens is 2. The highest BCUT2D eigenvalue weighted by Crippen LogP contribution is 2.09. The fourth-order valence-electron chi connectivity index (χ4n) is 0.854. The van der Waals surface area contributed by atoms with Crippen molar-refractivity contribution >= 4 is 27.5 Å². The predicted molar refractivity (Wildman–Crippen MR) is 51.5 cm³/mol. The highest BCUT2D eigenvalue weighted by atomic mass is 79.9. The van der Waals surface area contributed by atoms with Crippen LogP contribution in [0.5, 0.6) is 0 Å². The van der Waals surface area contributed by atoms with E-state index in [1.807, 2.05) is 6.92 Å². The lowest BCUT2D eigenvalue weighted by molar-refractivity contribution is 0.904. The molecule has 0 aliphatic heterocycles. The minimum atomic E-state index is -0.169. The van der Waals surface area contributed by atoms with Gasteiger partial charge in [-0.15, -0.1) is 11.6 Å². The van der Waals surface area contributed by atoms with Gasteiger partial charge in [-0.25, -0.2) is 4.98 Å². The van der Waals surface area contributed by atoms with E-state index < -0.39 is 0 Å². The third-order valence-corrected chi connectivity index (χ3v) is 2.51. The van der Waals surface area contributed by atoms with Crippen LogP contribution in [0.25, 0.3) is 0 Å². The van der Waals surface area contributed by atoms with Crippen LogP contribution in [0.4, 0.5) is 0 Å². The molecule has 1 aromatic rings. The van der Waals surface area contributed by atoms with Crippen molar-refractivity contribution in [3.05, 3.63) is 26.3 Å². The number of rotatable bonds is 2. The van der Waals surface area contributed by atoms with Crippen molar-refractivity contribution in [1.82, 2.24) is 9.97 Å². The Hall–Kier alpha value is -0.350. The average molecular weight is 252 g/mol. The van der Waals surface area contributed by atoms with Gasteiger partial charge in [0.1, 0.15) is 10.3 Å². The van der Waals surface area contributed by atoms with E-state index in [1.165, 1.54) is 0 Å². The highest BCUT2D eigenvalue weighted by Gasteiger charge is 2.05. The molecule has 1 heterocycles. The van der Waals surface area contributed by atoms with E-state index in [-0.39, 0.29) is 11.4 Å². The molecule has 0 saturated carbocycles. The summed E-state index contributed by atoms with van der Waals surface area (Å²) in [5, 5.41) is 0. The first kappa shape index (κ1) is 9.74. The minimum absolute atomic E-state index is 0.169. The molecular formula is C7H8BrClN2O. The number of hydrogen-bond donors (Lipinski definition) is 1. The van der Waals surface area contributed by atoms with Crippen molar-refractivity contribution in [3.8, 4) is 0 Å². The van der Waals surface area contributed by atoms with Crippen LogP contribution in [-0.4, -0.2) is 9.97 Å². The molecule has 3 nitrogen and oxygen atoms in total. The number of alkyl halides is 1. The maximum Gasteiger partial charge on any atom is 0.265 e. The van der Waals surface area contributed by atoms with Crippen molar-refractivity contribution in [2.75, 3.05) is 0 Å². The Morgan fingerprint density at radius 3 is 2.83 bits per heavy atom. The van der Waals surface area contributed by atoms with Crippen LogP contribution in [0.1, 0.15) is 18.4 Å². The fourth-order valence-corrected chi connectivity index (χ4v) is 1.45. The molecule has 0 aromatic carbocycles. The zero-order valence-electron chi connectivity index (χ0n) is 6.53. The zero-order valence-corrected chi connectivity index (χ0v) is 8.87. The number of hydrogen-bond acceptors (Lipinski definition) is 2. The number of aryl methyl sites for hydroxylation is 1. The number of nitrogens with one attached hydrogen (secondary N) is 1. The smallest absolute Gasteiger partial charge is 0.265 e. The lowest BCUT2D eigenvalue weighted by Crippen LogP contribution is -2.14. The van der Waals surface area contributed by atoms with E-state index in [0.717, 1.165) is 5.69 Å². The first-order chi connectivity index (χ1) is 5.69. The lowest BCUT2D eigenvalue weighted by atomic mass is 10.3. The quantitative estimate of drug-likeness (QED) is 0.815. The molecular weight excluding hydrogens is 243 g/mol. The molecule has 66 valence electrons. The molecule has 0 amide bonds. The van der Waals surface area contributed by atoms with Gasteiger partial charge in [-0.3, -0.25) is 4.79 Å². The van der Waals surface area contributed by atoms with E-state index in [0.29, 0.717) is 16.7 Å². The van der Waals surface area contributed by atoms with Crippen molar-refractivity contribution in [1.29, 1.82) is 0 Å². The SMILES string of the molecule is CCc1nc(CCl)[nH]c(=O)c1Br. The molecule has 0 atom stereocenters. The van der Waals surface area contributed by atoms with Crippen LogP contribution in [0, 0.1) is 0 Å². The summed E-state index contributed by atoms with van der Waals surface area (Å²) < 4.78 is 0.499. The molecule has 0 spiro atoms. The first-order valence-corrected chi connectivity index (χ1v) is 4.85. The summed E-state index contributed by atoms with van der Waals surface area (Å²) in [6, 6.07) is 0. The summed E-state index contributed by atoms with van der Waals surface area (Å²) in [7, 11) is 0. The van der Waals surface area contributed by atoms with Gasteiger partial charge >= 0.3 is 0 Å². The van der Waals surface area contributed by atoms with E-state index in [1.54, 1.807) is 0 Å². The second-order valence-electron chi connectivity index (χ2n) is 2.26. The standard InChI is InChI=1S/C7H8BrClN2O/c1-2-4-6(8)7(12)11-5(3-9)10-4/h2-3H2,1H3,(H,10,11,12). The second-order valence-corrected chi connectivity index (χ2v) is 3.32. The molecule has 5 heteroatoms. The fraction of sp³-hybridized carbons (Fsp3) is 0.429. The van der Waals surface area contributed by atoms with Gasteiger partial charge in [0.2, 0.25) is 0 Å². The number of halogens is 2. The first-order valence-electron chi connectivity index (χ1n) is 3.52. The summed E-state index contributed by atoms with van der Waals surface area (Å²) in [6.07, 6.45) is 0.717. The van der Waals surface area contributed by atoms with E-state index in [2.05, 4.69) is 25.9 Å². The number of H-pyrrole nitrogens is 1. The maximum absolute atomic E-state index is 11.2. The molecule has 1 rings (SSSR count). The Balaban J connectivity index is 3.29. The summed E-state index contributed by atoms with van der Waals surface area (Å²) in [6.45, 7) is 1.94. The van der Waals surface area contributed by atoms with Crippen molar-refractivity contribution < 1.29 is 0 Å². The third kappa shape index (κ3) is 1.87. The number of aromatic amines is 1. The summed E-state index contributed by atoms with van der Waals surface area (Å²) in [5.74, 6) is 0.747. The summed E-state index contributed by atoms with van der Waals surface area (Å²) in [4.78, 5) is 17.9. The molecule has 0 aliphatic rings. The molecule has 0 aliphatic carbocycles. The Kier molecular flexibility index (Phi) is 3.29. The van der Waals surface area contributed by atoms with E-state index in [9.17, 15) is 4.79 Å². The Morgan fingerprint density at radius 1 is 1.67 bits per heavy atom. The van der Waals surface area contributed by atoms with Gasteiger partial charge in [0, 0.05) is 0 Å². The Morgan fingerprint density at radius 2 is 2.33 bits per heavy atom. The second kappa shape index (κ2) is 4.05. The molecule has 0 saturated heterocycles. The maximum atomic E-state index is 11.2. The van der Waals surface area contributed by atoms with Crippen molar-refractivity contribution in [2.24, 2.45) is 0 Å². The van der Waals surface area contributed by atoms with Gasteiger partial charge in [-0.1, -0.05) is 6.92 Å². The van der Waals surface area contributed by atoms with E-state index in [4.69, 9.17) is 11.6 Å². The van der Waals surface area contributed by atoms with Crippen LogP contribution in [-0.2, 0) is 12.3 Å². The van der Waals surface area contributed by atoms with Crippen LogP contribution in [0.3, 0.4) is 0 Å². The summed E-state index contributed by atoms with van der Waals surface area (Å²) in [5.41, 5.74) is 0.576. The van der Waals surface area contributed by atoms with Crippen molar-refractivity contribution in [3.63, 3.8) is 0 Å². The van der Waals surface area contributed by atoms with Gasteiger partial charge in [0.05, 0.1) is 11.6 Å². The molecule has 0 unspecified atom stereocenters. The monoisotopic (exact) mass is 250 g/mol. The largest absolute Gasteiger partial charge is 0.309 e.